The van der Waals surface area contributed by atoms with Crippen LogP contribution in [-0.4, -0.2) is 35.2 Å². The summed E-state index contributed by atoms with van der Waals surface area (Å²) in [6.45, 7) is 2.42. The summed E-state index contributed by atoms with van der Waals surface area (Å²) in [6.07, 6.45) is 4.58. The number of aliphatic carboxylic acids is 1. The Morgan fingerprint density at radius 3 is 2.68 bits per heavy atom. The summed E-state index contributed by atoms with van der Waals surface area (Å²) < 4.78 is 5.53. The van der Waals surface area contributed by atoms with E-state index in [1.165, 1.54) is 0 Å². The lowest BCUT2D eigenvalue weighted by Gasteiger charge is -2.32. The molecule has 3 aliphatic rings. The molecule has 3 rings (SSSR count). The molecule has 0 spiro atoms. The molecule has 1 saturated heterocycles. The number of hydrogen-bond donors (Lipinski definition) is 2. The maximum absolute atomic E-state index is 12.3. The lowest BCUT2D eigenvalue weighted by atomic mass is 9.84. The summed E-state index contributed by atoms with van der Waals surface area (Å²) in [7, 11) is 0. The Morgan fingerprint density at radius 2 is 2.05 bits per heavy atom. The summed E-state index contributed by atoms with van der Waals surface area (Å²) in [6, 6.07) is -0.204. The van der Waals surface area contributed by atoms with E-state index in [1.807, 2.05) is 0 Å². The van der Waals surface area contributed by atoms with Crippen LogP contribution in [0.5, 0.6) is 0 Å². The van der Waals surface area contributed by atoms with E-state index < -0.39 is 17.5 Å². The van der Waals surface area contributed by atoms with Gasteiger partial charge < -0.3 is 15.2 Å². The van der Waals surface area contributed by atoms with Crippen LogP contribution in [0.25, 0.3) is 0 Å². The number of carbonyl (C=O) groups is 2. The predicted octanol–water partition coefficient (Wildman–Crippen LogP) is 1.17. The first kappa shape index (κ1) is 12.9. The average Bonchev–Trinajstić information content (AvgIpc) is 3.04. The summed E-state index contributed by atoms with van der Waals surface area (Å²) >= 11 is 0. The van der Waals surface area contributed by atoms with Crippen LogP contribution in [0.3, 0.4) is 0 Å². The van der Waals surface area contributed by atoms with Gasteiger partial charge in [0.2, 0.25) is 0 Å². The molecule has 5 heteroatoms. The third-order valence-electron chi connectivity index (χ3n) is 5.20. The quantitative estimate of drug-likeness (QED) is 0.805. The minimum Gasteiger partial charge on any atom is -0.481 e. The summed E-state index contributed by atoms with van der Waals surface area (Å²) in [4.78, 5) is 23.7. The second-order valence-corrected chi connectivity index (χ2v) is 6.38. The Morgan fingerprint density at radius 1 is 1.32 bits per heavy atom. The highest BCUT2D eigenvalue weighted by molar-refractivity contribution is 5.86. The first-order valence-electron chi connectivity index (χ1n) is 7.19. The fourth-order valence-corrected chi connectivity index (χ4v) is 4.12. The number of rotatable bonds is 3. The summed E-state index contributed by atoms with van der Waals surface area (Å²) in [5.41, 5.74) is -0.759. The van der Waals surface area contributed by atoms with E-state index in [-0.39, 0.29) is 17.9 Å². The van der Waals surface area contributed by atoms with Crippen LogP contribution in [0.1, 0.15) is 39.0 Å². The van der Waals surface area contributed by atoms with Crippen LogP contribution in [0.15, 0.2) is 0 Å². The van der Waals surface area contributed by atoms with Crippen LogP contribution >= 0.6 is 0 Å². The second-order valence-electron chi connectivity index (χ2n) is 6.38. The highest BCUT2D eigenvalue weighted by atomic mass is 16.5. The van der Waals surface area contributed by atoms with Gasteiger partial charge in [0.05, 0.1) is 5.92 Å². The third kappa shape index (κ3) is 2.04. The van der Waals surface area contributed by atoms with Gasteiger partial charge in [0.25, 0.3) is 5.91 Å². The van der Waals surface area contributed by atoms with Gasteiger partial charge in [0, 0.05) is 12.6 Å². The number of carboxylic acids is 1. The predicted molar refractivity (Wildman–Crippen MR) is 67.5 cm³/mol. The van der Waals surface area contributed by atoms with Gasteiger partial charge in [-0.15, -0.1) is 0 Å². The zero-order chi connectivity index (χ0) is 13.6. The Labute approximate surface area is 112 Å². The van der Waals surface area contributed by atoms with Crippen LogP contribution in [-0.2, 0) is 14.3 Å². The molecule has 1 amide bonds. The first-order valence-corrected chi connectivity index (χ1v) is 7.19. The summed E-state index contributed by atoms with van der Waals surface area (Å²) in [5.74, 6) is -0.735. The topological polar surface area (TPSA) is 75.6 Å². The fourth-order valence-electron chi connectivity index (χ4n) is 4.12. The smallest absolute Gasteiger partial charge is 0.308 e. The number of fused-ring (bicyclic) bond motifs is 2. The first-order chi connectivity index (χ1) is 9.01. The molecule has 3 fully saturated rings. The number of amides is 1. The van der Waals surface area contributed by atoms with Crippen molar-refractivity contribution in [2.24, 2.45) is 17.8 Å². The molecule has 2 aliphatic carbocycles. The molecule has 0 radical (unpaired) electrons. The molecule has 2 saturated carbocycles. The lowest BCUT2D eigenvalue weighted by molar-refractivity contribution is -0.147. The highest BCUT2D eigenvalue weighted by Crippen LogP contribution is 2.48. The molecular formula is C14H21NO4. The number of carboxylic acid groups (broad SMARTS) is 1. The molecule has 1 heterocycles. The summed E-state index contributed by atoms with van der Waals surface area (Å²) in [5, 5.41) is 12.3. The Hall–Kier alpha value is -1.10. The molecule has 2 bridgehead atoms. The largest absolute Gasteiger partial charge is 0.481 e. The maximum Gasteiger partial charge on any atom is 0.308 e. The van der Waals surface area contributed by atoms with E-state index in [4.69, 9.17) is 4.74 Å². The van der Waals surface area contributed by atoms with Gasteiger partial charge in [0.1, 0.15) is 5.60 Å². The zero-order valence-electron chi connectivity index (χ0n) is 11.2. The van der Waals surface area contributed by atoms with E-state index in [1.54, 1.807) is 6.92 Å². The number of nitrogens with one attached hydrogen (secondary N) is 1. The van der Waals surface area contributed by atoms with Gasteiger partial charge in [-0.2, -0.15) is 0 Å². The van der Waals surface area contributed by atoms with Gasteiger partial charge >= 0.3 is 5.97 Å². The van der Waals surface area contributed by atoms with Crippen LogP contribution in [0.4, 0.5) is 0 Å². The van der Waals surface area contributed by atoms with Crippen molar-refractivity contribution >= 4 is 11.9 Å². The molecule has 5 unspecified atom stereocenters. The lowest BCUT2D eigenvalue weighted by Crippen LogP contribution is -2.53. The van der Waals surface area contributed by atoms with E-state index in [2.05, 4.69) is 5.32 Å². The van der Waals surface area contributed by atoms with Crippen molar-refractivity contribution in [1.29, 1.82) is 0 Å². The van der Waals surface area contributed by atoms with Gasteiger partial charge in [-0.3, -0.25) is 9.59 Å². The van der Waals surface area contributed by atoms with Crippen molar-refractivity contribution in [2.75, 3.05) is 6.61 Å². The van der Waals surface area contributed by atoms with E-state index in [0.717, 1.165) is 32.1 Å². The third-order valence-corrected chi connectivity index (χ3v) is 5.20. The molecule has 5 nitrogen and oxygen atoms in total. The van der Waals surface area contributed by atoms with Crippen molar-refractivity contribution in [3.63, 3.8) is 0 Å². The molecule has 1 aliphatic heterocycles. The molecular weight excluding hydrogens is 246 g/mol. The number of ether oxygens (including phenoxy) is 1. The Kier molecular flexibility index (Phi) is 3.04. The fraction of sp³-hybridized carbons (Fsp3) is 0.857. The molecule has 0 aromatic carbocycles. The van der Waals surface area contributed by atoms with Crippen LogP contribution in [0.2, 0.25) is 0 Å². The normalized spacial score (nSPS) is 44.5. The zero-order valence-corrected chi connectivity index (χ0v) is 11.2. The van der Waals surface area contributed by atoms with Gasteiger partial charge in [-0.05, 0) is 50.9 Å². The van der Waals surface area contributed by atoms with Crippen LogP contribution in [0, 0.1) is 17.8 Å². The van der Waals surface area contributed by atoms with Gasteiger partial charge in [-0.1, -0.05) is 0 Å². The van der Waals surface area contributed by atoms with Crippen molar-refractivity contribution in [3.05, 3.63) is 0 Å². The van der Waals surface area contributed by atoms with E-state index in [0.29, 0.717) is 12.5 Å². The van der Waals surface area contributed by atoms with Crippen LogP contribution < -0.4 is 5.32 Å². The standard InChI is InChI=1S/C14H21NO4/c1-14(5-2-6-19-14)13(18)15-11-9-4-3-8(7-9)10(11)12(16)17/h8-11H,2-7H2,1H3,(H,15,18)(H,16,17). The van der Waals surface area contributed by atoms with Crippen molar-refractivity contribution in [3.8, 4) is 0 Å². The molecule has 2 N–H and O–H groups in total. The SMILES string of the molecule is CC1(C(=O)NC2C3CCC(C3)C2C(=O)O)CCCO1. The van der Waals surface area contributed by atoms with Gasteiger partial charge in [0.15, 0.2) is 0 Å². The molecule has 0 aromatic rings. The van der Waals surface area contributed by atoms with E-state index >= 15 is 0 Å². The van der Waals surface area contributed by atoms with Crippen molar-refractivity contribution in [2.45, 2.75) is 50.7 Å². The minimum absolute atomic E-state index is 0.131. The number of carbonyl (C=O) groups excluding carboxylic acids is 1. The highest BCUT2D eigenvalue weighted by Gasteiger charge is 2.52. The van der Waals surface area contributed by atoms with Crippen molar-refractivity contribution in [1.82, 2.24) is 5.32 Å². The maximum atomic E-state index is 12.3. The van der Waals surface area contributed by atoms with E-state index in [9.17, 15) is 14.7 Å². The average molecular weight is 267 g/mol. The molecule has 106 valence electrons. The molecule has 5 atom stereocenters. The second kappa shape index (κ2) is 4.47. The Balaban J connectivity index is 1.72. The minimum atomic E-state index is -0.769. The monoisotopic (exact) mass is 267 g/mol. The van der Waals surface area contributed by atoms with Crippen molar-refractivity contribution < 1.29 is 19.4 Å². The molecule has 0 aromatic heterocycles. The Bertz CT molecular complexity index is 402. The van der Waals surface area contributed by atoms with Gasteiger partial charge in [-0.25, -0.2) is 0 Å². The molecule has 19 heavy (non-hydrogen) atoms. The number of hydrogen-bond acceptors (Lipinski definition) is 3.